The van der Waals surface area contributed by atoms with Crippen LogP contribution in [0.2, 0.25) is 0 Å². The Balaban J connectivity index is 2.42. The van der Waals surface area contributed by atoms with Crippen LogP contribution in [-0.2, 0) is 14.8 Å². The van der Waals surface area contributed by atoms with Crippen LogP contribution < -0.4 is 9.62 Å². The third-order valence-corrected chi connectivity index (χ3v) is 5.28. The van der Waals surface area contributed by atoms with Crippen LogP contribution in [0.25, 0.3) is 0 Å². The Morgan fingerprint density at radius 3 is 2.21 bits per heavy atom. The first-order valence-electron chi connectivity index (χ1n) is 8.21. The Kier molecular flexibility index (Phi) is 6.17. The molecular weight excluding hydrogens is 404 g/mol. The van der Waals surface area contributed by atoms with Gasteiger partial charge in [0.05, 0.1) is 21.8 Å². The first-order chi connectivity index (χ1) is 13.4. The maximum Gasteiger partial charge on any atom is 0.271 e. The van der Waals surface area contributed by atoms with E-state index in [4.69, 9.17) is 0 Å². The van der Waals surface area contributed by atoms with Gasteiger partial charge in [0, 0.05) is 30.0 Å². The zero-order valence-electron chi connectivity index (χ0n) is 15.7. The quantitative estimate of drug-likeness (QED) is 0.531. The highest BCUT2D eigenvalue weighted by Gasteiger charge is 2.31. The lowest BCUT2D eigenvalue weighted by Gasteiger charge is -2.29. The molecule has 11 nitrogen and oxygen atoms in total. The van der Waals surface area contributed by atoms with Gasteiger partial charge in [0.25, 0.3) is 11.4 Å². The van der Waals surface area contributed by atoms with E-state index in [2.05, 4.69) is 5.32 Å². The molecule has 1 atom stereocenters. The second-order valence-electron chi connectivity index (χ2n) is 6.26. The summed E-state index contributed by atoms with van der Waals surface area (Å²) in [5.41, 5.74) is -0.0600. The fourth-order valence-electron chi connectivity index (χ4n) is 2.67. The predicted octanol–water partition coefficient (Wildman–Crippen LogP) is 2.60. The van der Waals surface area contributed by atoms with E-state index in [9.17, 15) is 33.4 Å². The molecule has 1 amide bonds. The van der Waals surface area contributed by atoms with Crippen LogP contribution in [0.3, 0.4) is 0 Å². The molecule has 0 aliphatic carbocycles. The van der Waals surface area contributed by atoms with E-state index in [1.165, 1.54) is 37.3 Å². The topological polar surface area (TPSA) is 153 Å². The van der Waals surface area contributed by atoms with Gasteiger partial charge in [-0.05, 0) is 25.5 Å². The van der Waals surface area contributed by atoms with E-state index >= 15 is 0 Å². The van der Waals surface area contributed by atoms with E-state index in [-0.39, 0.29) is 22.7 Å². The van der Waals surface area contributed by atoms with Crippen LogP contribution in [0.5, 0.6) is 0 Å². The van der Waals surface area contributed by atoms with Crippen molar-refractivity contribution in [1.29, 1.82) is 0 Å². The Labute approximate surface area is 166 Å². The summed E-state index contributed by atoms with van der Waals surface area (Å²) in [6.45, 7) is 2.87. The van der Waals surface area contributed by atoms with Gasteiger partial charge in [-0.2, -0.15) is 0 Å². The minimum Gasteiger partial charge on any atom is -0.324 e. The molecule has 0 saturated carbocycles. The van der Waals surface area contributed by atoms with Gasteiger partial charge in [0.2, 0.25) is 15.9 Å². The summed E-state index contributed by atoms with van der Waals surface area (Å²) in [7, 11) is -4.00. The monoisotopic (exact) mass is 422 g/mol. The molecule has 0 aliphatic rings. The van der Waals surface area contributed by atoms with Crippen molar-refractivity contribution in [1.82, 2.24) is 0 Å². The number of non-ortho nitro benzene ring substituents is 2. The van der Waals surface area contributed by atoms with Crippen molar-refractivity contribution < 1.29 is 23.1 Å². The lowest BCUT2D eigenvalue weighted by molar-refractivity contribution is -0.385. The summed E-state index contributed by atoms with van der Waals surface area (Å²) in [6, 6.07) is 7.57. The number of rotatable bonds is 7. The van der Waals surface area contributed by atoms with Gasteiger partial charge < -0.3 is 5.32 Å². The molecule has 1 N–H and O–H groups in total. The lowest BCUT2D eigenvalue weighted by Crippen LogP contribution is -2.45. The number of sulfonamides is 1. The number of hydrogen-bond donors (Lipinski definition) is 1. The average Bonchev–Trinajstić information content (AvgIpc) is 2.62. The number of aryl methyl sites for hydroxylation is 1. The normalized spacial score (nSPS) is 12.1. The van der Waals surface area contributed by atoms with Crippen LogP contribution in [-0.4, -0.2) is 36.5 Å². The zero-order valence-corrected chi connectivity index (χ0v) is 16.5. The largest absolute Gasteiger partial charge is 0.324 e. The van der Waals surface area contributed by atoms with Crippen LogP contribution in [0.1, 0.15) is 12.5 Å². The molecular formula is C17H18N4O7S. The first-order valence-corrected chi connectivity index (χ1v) is 10.1. The van der Waals surface area contributed by atoms with Gasteiger partial charge >= 0.3 is 0 Å². The number of nitro groups is 2. The van der Waals surface area contributed by atoms with Gasteiger partial charge in [-0.1, -0.05) is 12.1 Å². The highest BCUT2D eigenvalue weighted by Crippen LogP contribution is 2.29. The summed E-state index contributed by atoms with van der Waals surface area (Å²) in [5, 5.41) is 24.4. The smallest absolute Gasteiger partial charge is 0.271 e. The van der Waals surface area contributed by atoms with Gasteiger partial charge in [-0.3, -0.25) is 29.3 Å². The van der Waals surface area contributed by atoms with Gasteiger partial charge in [0.1, 0.15) is 6.04 Å². The van der Waals surface area contributed by atoms with Gasteiger partial charge in [0.15, 0.2) is 0 Å². The molecule has 2 aromatic carbocycles. The fraction of sp³-hybridized carbons (Fsp3) is 0.235. The lowest BCUT2D eigenvalue weighted by atomic mass is 10.1. The van der Waals surface area contributed by atoms with E-state index in [0.29, 0.717) is 5.56 Å². The molecule has 154 valence electrons. The van der Waals surface area contributed by atoms with Crippen molar-refractivity contribution in [3.8, 4) is 0 Å². The number of amides is 1. The summed E-state index contributed by atoms with van der Waals surface area (Å²) in [5.74, 6) is -0.762. The summed E-state index contributed by atoms with van der Waals surface area (Å²) in [6.07, 6.45) is 0.877. The number of nitrogens with zero attached hydrogens (tertiary/aromatic N) is 3. The third-order valence-electron chi connectivity index (χ3n) is 4.05. The number of benzene rings is 2. The molecule has 1 unspecified atom stereocenters. The SMILES string of the molecule is Cc1ccc([N+](=O)[O-])cc1N(C(C)C(=O)Nc1cccc([N+](=O)[O-])c1)S(C)(=O)=O. The van der Waals surface area contributed by atoms with Crippen molar-refractivity contribution in [3.63, 3.8) is 0 Å². The predicted molar refractivity (Wildman–Crippen MR) is 106 cm³/mol. The zero-order chi connectivity index (χ0) is 21.9. The molecule has 0 spiro atoms. The molecule has 0 aromatic heterocycles. The fourth-order valence-corrected chi connectivity index (χ4v) is 3.90. The van der Waals surface area contributed by atoms with Crippen molar-refractivity contribution >= 4 is 38.7 Å². The Morgan fingerprint density at radius 1 is 1.07 bits per heavy atom. The van der Waals surface area contributed by atoms with E-state index in [0.717, 1.165) is 22.7 Å². The van der Waals surface area contributed by atoms with Crippen LogP contribution >= 0.6 is 0 Å². The maximum atomic E-state index is 12.7. The van der Waals surface area contributed by atoms with Crippen molar-refractivity contribution in [2.75, 3.05) is 15.9 Å². The first kappa shape index (κ1) is 21.8. The molecule has 0 radical (unpaired) electrons. The van der Waals surface area contributed by atoms with Crippen molar-refractivity contribution in [2.24, 2.45) is 0 Å². The van der Waals surface area contributed by atoms with Gasteiger partial charge in [-0.15, -0.1) is 0 Å². The Hall–Kier alpha value is -3.54. The van der Waals surface area contributed by atoms with Crippen molar-refractivity contribution in [2.45, 2.75) is 19.9 Å². The number of carbonyl (C=O) groups excluding carboxylic acids is 1. The molecule has 0 fully saturated rings. The molecule has 0 aliphatic heterocycles. The van der Waals surface area contributed by atoms with Crippen LogP contribution in [0.15, 0.2) is 42.5 Å². The highest BCUT2D eigenvalue weighted by atomic mass is 32.2. The maximum absolute atomic E-state index is 12.7. The second-order valence-corrected chi connectivity index (χ2v) is 8.12. The Bertz CT molecular complexity index is 1080. The minimum absolute atomic E-state index is 0.0107. The van der Waals surface area contributed by atoms with E-state index < -0.39 is 31.8 Å². The Morgan fingerprint density at radius 2 is 1.66 bits per heavy atom. The van der Waals surface area contributed by atoms with E-state index in [1.54, 1.807) is 6.92 Å². The van der Waals surface area contributed by atoms with Crippen LogP contribution in [0.4, 0.5) is 22.7 Å². The number of carbonyl (C=O) groups is 1. The number of nitro benzene ring substituents is 2. The molecule has 29 heavy (non-hydrogen) atoms. The summed E-state index contributed by atoms with van der Waals surface area (Å²) in [4.78, 5) is 33.3. The number of nitrogens with one attached hydrogen (secondary N) is 1. The second kappa shape index (κ2) is 8.22. The third kappa shape index (κ3) is 5.04. The van der Waals surface area contributed by atoms with Gasteiger partial charge in [-0.25, -0.2) is 8.42 Å². The molecule has 0 saturated heterocycles. The number of anilines is 2. The average molecular weight is 422 g/mol. The summed E-state index contributed by atoms with van der Waals surface area (Å²) >= 11 is 0. The van der Waals surface area contributed by atoms with Crippen molar-refractivity contribution in [3.05, 3.63) is 68.3 Å². The highest BCUT2D eigenvalue weighted by molar-refractivity contribution is 7.92. The molecule has 0 heterocycles. The molecule has 12 heteroatoms. The minimum atomic E-state index is -4.00. The molecule has 2 aromatic rings. The van der Waals surface area contributed by atoms with E-state index in [1.807, 2.05) is 0 Å². The molecule has 0 bridgehead atoms. The van der Waals surface area contributed by atoms with Crippen LogP contribution in [0, 0.1) is 27.2 Å². The molecule has 2 rings (SSSR count). The number of hydrogen-bond acceptors (Lipinski definition) is 7. The summed E-state index contributed by atoms with van der Waals surface area (Å²) < 4.78 is 25.6. The standard InChI is InChI=1S/C17H18N4O7S/c1-11-7-8-15(21(25)26)10-16(11)19(29(3,27)28)12(2)17(22)18-13-5-4-6-14(9-13)20(23)24/h4-10,12H,1-3H3,(H,18,22).